The van der Waals surface area contributed by atoms with Crippen molar-refractivity contribution < 1.29 is 4.92 Å². The smallest absolute Gasteiger partial charge is 0.270 e. The van der Waals surface area contributed by atoms with Crippen LogP contribution in [0.4, 0.5) is 11.5 Å². The second-order valence-electron chi connectivity index (χ2n) is 4.52. The fraction of sp³-hybridized carbons (Fsp3) is 0. The summed E-state index contributed by atoms with van der Waals surface area (Å²) in [5.74, 6) is 0.873. The maximum absolute atomic E-state index is 10.8. The molecule has 0 saturated carbocycles. The first-order chi connectivity index (χ1) is 10.1. The summed E-state index contributed by atoms with van der Waals surface area (Å²) in [7, 11) is 0. The molecule has 1 aromatic heterocycles. The fourth-order valence-corrected chi connectivity index (χ4v) is 2.12. The number of imidazole rings is 1. The highest BCUT2D eigenvalue weighted by Gasteiger charge is 2.13. The maximum Gasteiger partial charge on any atom is 0.270 e. The summed E-state index contributed by atoms with van der Waals surface area (Å²) in [6.07, 6.45) is 0. The number of nitrogens with two attached hydrogens (primary N) is 1. The third-order valence-electron chi connectivity index (χ3n) is 3.12. The van der Waals surface area contributed by atoms with Crippen LogP contribution in [-0.2, 0) is 0 Å². The van der Waals surface area contributed by atoms with E-state index in [0.29, 0.717) is 22.9 Å². The van der Waals surface area contributed by atoms with Gasteiger partial charge < -0.3 is 10.7 Å². The predicted octanol–water partition coefficient (Wildman–Crippen LogP) is 3.23. The van der Waals surface area contributed by atoms with Crippen LogP contribution in [0.1, 0.15) is 0 Å². The van der Waals surface area contributed by atoms with Crippen molar-refractivity contribution in [1.29, 1.82) is 0 Å². The Morgan fingerprint density at radius 2 is 1.76 bits per heavy atom. The molecular formula is C15H12N4O2. The predicted molar refractivity (Wildman–Crippen MR) is 80.5 cm³/mol. The first-order valence-corrected chi connectivity index (χ1v) is 6.31. The number of nitrogen functional groups attached to an aromatic ring is 1. The molecule has 0 bridgehead atoms. The Morgan fingerprint density at radius 1 is 1.05 bits per heavy atom. The molecule has 3 N–H and O–H groups in total. The minimum absolute atomic E-state index is 0.0173. The van der Waals surface area contributed by atoms with E-state index < -0.39 is 4.92 Å². The molecule has 1 heterocycles. The molecule has 0 aliphatic rings. The van der Waals surface area contributed by atoms with E-state index in [1.807, 2.05) is 30.3 Å². The summed E-state index contributed by atoms with van der Waals surface area (Å²) in [5.41, 5.74) is 8.19. The lowest BCUT2D eigenvalue weighted by atomic mass is 10.1. The van der Waals surface area contributed by atoms with Crippen molar-refractivity contribution in [2.24, 2.45) is 0 Å². The van der Waals surface area contributed by atoms with Gasteiger partial charge in [-0.2, -0.15) is 0 Å². The van der Waals surface area contributed by atoms with Crippen LogP contribution < -0.4 is 5.73 Å². The summed E-state index contributed by atoms with van der Waals surface area (Å²) < 4.78 is 0. The largest absolute Gasteiger partial charge is 0.382 e. The summed E-state index contributed by atoms with van der Waals surface area (Å²) in [6.45, 7) is 0. The van der Waals surface area contributed by atoms with Crippen LogP contribution in [0.2, 0.25) is 0 Å². The van der Waals surface area contributed by atoms with Gasteiger partial charge in [-0.3, -0.25) is 10.1 Å². The van der Waals surface area contributed by atoms with Gasteiger partial charge in [-0.05, 0) is 0 Å². The molecule has 0 aliphatic heterocycles. The van der Waals surface area contributed by atoms with Crippen molar-refractivity contribution in [2.45, 2.75) is 0 Å². The highest BCUT2D eigenvalue weighted by molar-refractivity contribution is 5.74. The Hall–Kier alpha value is -3.15. The normalized spacial score (nSPS) is 10.5. The number of nitro groups is 1. The molecule has 3 rings (SSSR count). The van der Waals surface area contributed by atoms with Crippen LogP contribution in [0.5, 0.6) is 0 Å². The highest BCUT2D eigenvalue weighted by Crippen LogP contribution is 2.28. The molecule has 0 saturated heterocycles. The number of nitro benzene ring substituents is 1. The number of rotatable bonds is 3. The first-order valence-electron chi connectivity index (χ1n) is 6.31. The molecule has 104 valence electrons. The molecule has 21 heavy (non-hydrogen) atoms. The number of nitrogens with one attached hydrogen (secondary N) is 1. The molecule has 0 radical (unpaired) electrons. The Labute approximate surface area is 120 Å². The van der Waals surface area contributed by atoms with Crippen molar-refractivity contribution in [2.75, 3.05) is 5.73 Å². The van der Waals surface area contributed by atoms with Gasteiger partial charge in [-0.15, -0.1) is 0 Å². The lowest BCUT2D eigenvalue weighted by molar-refractivity contribution is -0.384. The van der Waals surface area contributed by atoms with E-state index in [1.54, 1.807) is 12.1 Å². The standard InChI is InChI=1S/C15H12N4O2/c16-14-13(10-5-2-1-3-6-10)17-15(18-14)11-7-4-8-12(9-11)19(20)21/h1-9H,16H2,(H,17,18). The van der Waals surface area contributed by atoms with Crippen LogP contribution in [0, 0.1) is 10.1 Å². The van der Waals surface area contributed by atoms with E-state index in [-0.39, 0.29) is 5.69 Å². The summed E-state index contributed by atoms with van der Waals surface area (Å²) in [5, 5.41) is 10.8. The monoisotopic (exact) mass is 280 g/mol. The van der Waals surface area contributed by atoms with Crippen LogP contribution in [0.15, 0.2) is 54.6 Å². The van der Waals surface area contributed by atoms with Gasteiger partial charge in [0.2, 0.25) is 0 Å². The van der Waals surface area contributed by atoms with E-state index in [0.717, 1.165) is 5.56 Å². The van der Waals surface area contributed by atoms with Gasteiger partial charge in [0.1, 0.15) is 11.6 Å². The molecule has 0 spiro atoms. The Bertz CT molecular complexity index is 796. The van der Waals surface area contributed by atoms with Gasteiger partial charge in [-0.1, -0.05) is 42.5 Å². The van der Waals surface area contributed by atoms with Crippen molar-refractivity contribution >= 4 is 11.5 Å². The quantitative estimate of drug-likeness (QED) is 0.568. The van der Waals surface area contributed by atoms with Gasteiger partial charge in [0, 0.05) is 23.3 Å². The van der Waals surface area contributed by atoms with Crippen molar-refractivity contribution in [3.05, 3.63) is 64.7 Å². The van der Waals surface area contributed by atoms with Crippen molar-refractivity contribution in [1.82, 2.24) is 9.97 Å². The number of benzene rings is 2. The molecule has 0 atom stereocenters. The number of hydrogen-bond donors (Lipinski definition) is 2. The zero-order valence-corrected chi connectivity index (χ0v) is 11.0. The van der Waals surface area contributed by atoms with Crippen molar-refractivity contribution in [3.8, 4) is 22.6 Å². The lowest BCUT2D eigenvalue weighted by Crippen LogP contribution is -1.89. The summed E-state index contributed by atoms with van der Waals surface area (Å²) >= 11 is 0. The number of hydrogen-bond acceptors (Lipinski definition) is 4. The highest BCUT2D eigenvalue weighted by atomic mass is 16.6. The second kappa shape index (κ2) is 5.09. The molecule has 6 heteroatoms. The van der Waals surface area contributed by atoms with E-state index in [4.69, 9.17) is 5.73 Å². The van der Waals surface area contributed by atoms with Gasteiger partial charge in [0.15, 0.2) is 0 Å². The van der Waals surface area contributed by atoms with E-state index in [2.05, 4.69) is 9.97 Å². The average Bonchev–Trinajstić information content (AvgIpc) is 2.90. The van der Waals surface area contributed by atoms with Gasteiger partial charge in [0.25, 0.3) is 5.69 Å². The Morgan fingerprint density at radius 3 is 2.48 bits per heavy atom. The number of nitrogens with zero attached hydrogens (tertiary/aromatic N) is 2. The second-order valence-corrected chi connectivity index (χ2v) is 4.52. The number of anilines is 1. The minimum Gasteiger partial charge on any atom is -0.382 e. The van der Waals surface area contributed by atoms with Gasteiger partial charge >= 0.3 is 0 Å². The van der Waals surface area contributed by atoms with Crippen LogP contribution in [0.25, 0.3) is 22.6 Å². The summed E-state index contributed by atoms with van der Waals surface area (Å²) in [4.78, 5) is 17.8. The van der Waals surface area contributed by atoms with Crippen LogP contribution in [0.3, 0.4) is 0 Å². The maximum atomic E-state index is 10.8. The number of aromatic nitrogens is 2. The third-order valence-corrected chi connectivity index (χ3v) is 3.12. The number of non-ortho nitro benzene ring substituents is 1. The molecule has 6 nitrogen and oxygen atoms in total. The number of aromatic amines is 1. The molecule has 3 aromatic rings. The molecule has 2 aromatic carbocycles. The third kappa shape index (κ3) is 2.46. The zero-order valence-electron chi connectivity index (χ0n) is 11.0. The molecule has 0 amide bonds. The SMILES string of the molecule is Nc1nc(-c2cccc([N+](=O)[O-])c2)[nH]c1-c1ccccc1. The number of H-pyrrole nitrogens is 1. The average molecular weight is 280 g/mol. The zero-order chi connectivity index (χ0) is 14.8. The van der Waals surface area contributed by atoms with Gasteiger partial charge in [-0.25, -0.2) is 4.98 Å². The summed E-state index contributed by atoms with van der Waals surface area (Å²) in [6, 6.07) is 15.8. The van der Waals surface area contributed by atoms with E-state index >= 15 is 0 Å². The minimum atomic E-state index is -0.437. The van der Waals surface area contributed by atoms with Gasteiger partial charge in [0.05, 0.1) is 10.6 Å². The van der Waals surface area contributed by atoms with Crippen LogP contribution in [-0.4, -0.2) is 14.9 Å². The Balaban J connectivity index is 2.05. The van der Waals surface area contributed by atoms with Crippen molar-refractivity contribution in [3.63, 3.8) is 0 Å². The molecule has 0 aliphatic carbocycles. The molecule has 0 unspecified atom stereocenters. The molecular weight excluding hydrogens is 268 g/mol. The first kappa shape index (κ1) is 12.9. The van der Waals surface area contributed by atoms with E-state index in [1.165, 1.54) is 12.1 Å². The lowest BCUT2D eigenvalue weighted by Gasteiger charge is -1.98. The molecule has 0 fully saturated rings. The fourth-order valence-electron chi connectivity index (χ4n) is 2.12. The van der Waals surface area contributed by atoms with Crippen LogP contribution >= 0.6 is 0 Å². The topological polar surface area (TPSA) is 97.8 Å². The van der Waals surface area contributed by atoms with E-state index in [9.17, 15) is 10.1 Å². The Kier molecular flexibility index (Phi) is 3.12.